The number of benzene rings is 1. The molecule has 1 aromatic heterocycles. The minimum atomic E-state index is -0.865. The lowest BCUT2D eigenvalue weighted by Gasteiger charge is -2.30. The third-order valence-electron chi connectivity index (χ3n) is 7.73. The second kappa shape index (κ2) is 12.8. The molecule has 214 valence electrons. The number of carboxylic acid groups (broad SMARTS) is 1. The van der Waals surface area contributed by atoms with Gasteiger partial charge >= 0.3 is 5.97 Å². The number of rotatable bonds is 14. The van der Waals surface area contributed by atoms with Crippen LogP contribution in [0.1, 0.15) is 50.0 Å². The highest BCUT2D eigenvalue weighted by Gasteiger charge is 2.47. The zero-order valence-corrected chi connectivity index (χ0v) is 23.7. The van der Waals surface area contributed by atoms with E-state index in [0.717, 1.165) is 42.4 Å². The molecule has 1 N–H and O–H groups in total. The zero-order chi connectivity index (χ0) is 28.0. The molecule has 4 rings (SSSR count). The smallest absolute Gasteiger partial charge is 0.308 e. The summed E-state index contributed by atoms with van der Waals surface area (Å²) in [7, 11) is 6.47. The van der Waals surface area contributed by atoms with Gasteiger partial charge in [-0.3, -0.25) is 14.5 Å². The molecule has 0 saturated carbocycles. The molecule has 1 fully saturated rings. The molecule has 2 aliphatic heterocycles. The zero-order valence-electron chi connectivity index (χ0n) is 23.7. The quantitative estimate of drug-likeness (QED) is 0.362. The van der Waals surface area contributed by atoms with Gasteiger partial charge in [-0.2, -0.15) is 0 Å². The van der Waals surface area contributed by atoms with Gasteiger partial charge in [0.2, 0.25) is 12.7 Å². The molecule has 39 heavy (non-hydrogen) atoms. The number of fused-ring (bicyclic) bond motifs is 1. The summed E-state index contributed by atoms with van der Waals surface area (Å²) in [4.78, 5) is 34.6. The van der Waals surface area contributed by atoms with E-state index >= 15 is 0 Å². The van der Waals surface area contributed by atoms with Gasteiger partial charge in [-0.05, 0) is 30.5 Å². The number of carbonyl (C=O) groups excluding carboxylic acids is 1. The SMILES string of the molecule is CCCCN(CCC[N+](C)(C)C)C(=O)CN1C[C@H](c2ccc3c(c2)OCO3)[C@@H](C(=O)O)[C@@H]1CCc1ncco1. The normalized spacial score (nSPS) is 20.9. The van der Waals surface area contributed by atoms with E-state index in [9.17, 15) is 14.7 Å². The second-order valence-corrected chi connectivity index (χ2v) is 11.6. The first kappa shape index (κ1) is 28.9. The Labute approximate surface area is 231 Å². The number of ether oxygens (including phenoxy) is 2. The lowest BCUT2D eigenvalue weighted by Crippen LogP contribution is -2.45. The minimum absolute atomic E-state index is 0.0569. The van der Waals surface area contributed by atoms with Gasteiger partial charge in [-0.15, -0.1) is 0 Å². The van der Waals surface area contributed by atoms with Crippen LogP contribution in [-0.2, 0) is 16.0 Å². The standard InChI is InChI=1S/C29H42N4O6/c1-5-6-13-31(14-7-15-33(2,3)4)27(34)19-32-18-22(21-8-10-24-25(17-21)39-20-38-24)28(29(35)36)23(32)9-11-26-30-12-16-37-26/h8,10,12,16-17,22-23,28H,5-7,9,11,13-15,18-20H2,1-4H3/p+1/t22-,23+,28-/m1/s1. The number of amides is 1. The number of carbonyl (C=O) groups is 2. The predicted molar refractivity (Wildman–Crippen MR) is 146 cm³/mol. The number of aliphatic carboxylic acids is 1. The van der Waals surface area contributed by atoms with Crippen LogP contribution in [0.4, 0.5) is 0 Å². The summed E-state index contributed by atoms with van der Waals surface area (Å²) in [6, 6.07) is 5.31. The van der Waals surface area contributed by atoms with E-state index in [-0.39, 0.29) is 31.2 Å². The largest absolute Gasteiger partial charge is 0.481 e. The summed E-state index contributed by atoms with van der Waals surface area (Å²) < 4.78 is 17.3. The highest BCUT2D eigenvalue weighted by molar-refractivity contribution is 5.79. The Hall–Kier alpha value is -3.11. The number of nitrogens with zero attached hydrogens (tertiary/aromatic N) is 4. The molecule has 0 spiro atoms. The van der Waals surface area contributed by atoms with Crippen LogP contribution in [0.5, 0.6) is 11.5 Å². The summed E-state index contributed by atoms with van der Waals surface area (Å²) in [5, 5.41) is 10.4. The molecule has 0 aliphatic carbocycles. The topological polar surface area (TPSA) is 105 Å². The first-order valence-electron chi connectivity index (χ1n) is 14.0. The van der Waals surface area contributed by atoms with Crippen molar-refractivity contribution < 1.29 is 33.1 Å². The average Bonchev–Trinajstić information content (AvgIpc) is 3.63. The number of aryl methyl sites for hydroxylation is 1. The van der Waals surface area contributed by atoms with Crippen molar-refractivity contribution in [1.82, 2.24) is 14.8 Å². The molecule has 2 aliphatic rings. The lowest BCUT2D eigenvalue weighted by atomic mass is 9.83. The molecule has 0 radical (unpaired) electrons. The first-order chi connectivity index (χ1) is 18.7. The van der Waals surface area contributed by atoms with Crippen LogP contribution in [-0.4, -0.2) is 103 Å². The van der Waals surface area contributed by atoms with Gasteiger partial charge in [-0.25, -0.2) is 4.98 Å². The van der Waals surface area contributed by atoms with E-state index in [4.69, 9.17) is 13.9 Å². The highest BCUT2D eigenvalue weighted by atomic mass is 16.7. The monoisotopic (exact) mass is 543 g/mol. The van der Waals surface area contributed by atoms with Gasteiger partial charge < -0.3 is 28.4 Å². The summed E-state index contributed by atoms with van der Waals surface area (Å²) >= 11 is 0. The Balaban J connectivity index is 1.55. The number of oxazole rings is 1. The van der Waals surface area contributed by atoms with Crippen molar-refractivity contribution in [2.24, 2.45) is 5.92 Å². The predicted octanol–water partition coefficient (Wildman–Crippen LogP) is 3.23. The number of hydrogen-bond acceptors (Lipinski definition) is 7. The van der Waals surface area contributed by atoms with Crippen LogP contribution in [0, 0.1) is 5.92 Å². The van der Waals surface area contributed by atoms with E-state index in [1.54, 1.807) is 6.20 Å². The summed E-state index contributed by atoms with van der Waals surface area (Å²) in [6.07, 6.45) is 7.03. The van der Waals surface area contributed by atoms with E-state index in [2.05, 4.69) is 38.0 Å². The van der Waals surface area contributed by atoms with Crippen LogP contribution in [0.2, 0.25) is 0 Å². The molecule has 1 amide bonds. The molecule has 3 atom stereocenters. The van der Waals surface area contributed by atoms with Gasteiger partial charge in [0.25, 0.3) is 0 Å². The van der Waals surface area contributed by atoms with E-state index in [1.807, 2.05) is 23.1 Å². The van der Waals surface area contributed by atoms with Crippen LogP contribution in [0.3, 0.4) is 0 Å². The number of carboxylic acids is 1. The van der Waals surface area contributed by atoms with Gasteiger partial charge in [0.15, 0.2) is 17.4 Å². The van der Waals surface area contributed by atoms with Crippen LogP contribution < -0.4 is 9.47 Å². The van der Waals surface area contributed by atoms with Gasteiger partial charge in [-0.1, -0.05) is 19.4 Å². The van der Waals surface area contributed by atoms with Crippen LogP contribution in [0.25, 0.3) is 0 Å². The molecule has 10 heteroatoms. The molecule has 1 saturated heterocycles. The number of quaternary nitrogens is 1. The van der Waals surface area contributed by atoms with Gasteiger partial charge in [0.1, 0.15) is 6.26 Å². The average molecular weight is 544 g/mol. The van der Waals surface area contributed by atoms with Crippen molar-refractivity contribution >= 4 is 11.9 Å². The van der Waals surface area contributed by atoms with Crippen molar-refractivity contribution in [3.8, 4) is 11.5 Å². The lowest BCUT2D eigenvalue weighted by molar-refractivity contribution is -0.870. The Bertz CT molecular complexity index is 1100. The van der Waals surface area contributed by atoms with Crippen LogP contribution >= 0.6 is 0 Å². The van der Waals surface area contributed by atoms with E-state index < -0.39 is 11.9 Å². The second-order valence-electron chi connectivity index (χ2n) is 11.6. The van der Waals surface area contributed by atoms with Crippen LogP contribution in [0.15, 0.2) is 35.1 Å². The Morgan fingerprint density at radius 1 is 1.15 bits per heavy atom. The molecule has 2 aromatic rings. The summed E-state index contributed by atoms with van der Waals surface area (Å²) in [5.41, 5.74) is 0.883. The van der Waals surface area contributed by atoms with Gasteiger partial charge in [0.05, 0.1) is 46.3 Å². The molecular weight excluding hydrogens is 500 g/mol. The number of unbranched alkanes of at least 4 members (excludes halogenated alkanes) is 1. The molecule has 10 nitrogen and oxygen atoms in total. The molecular formula is C29H43N4O6+. The fourth-order valence-electron chi connectivity index (χ4n) is 5.70. The third-order valence-corrected chi connectivity index (χ3v) is 7.73. The maximum Gasteiger partial charge on any atom is 0.308 e. The molecule has 3 heterocycles. The molecule has 0 bridgehead atoms. The molecule has 0 unspecified atom stereocenters. The maximum absolute atomic E-state index is 13.7. The maximum atomic E-state index is 13.7. The Kier molecular flexibility index (Phi) is 9.50. The van der Waals surface area contributed by atoms with Gasteiger partial charge in [0, 0.05) is 44.4 Å². The van der Waals surface area contributed by atoms with E-state index in [1.165, 1.54) is 6.26 Å². The third kappa shape index (κ3) is 7.51. The fraction of sp³-hybridized carbons (Fsp3) is 0.621. The van der Waals surface area contributed by atoms with Crippen molar-refractivity contribution in [2.75, 3.05) is 60.7 Å². The molecule has 1 aromatic carbocycles. The van der Waals surface area contributed by atoms with E-state index in [0.29, 0.717) is 43.3 Å². The highest BCUT2D eigenvalue weighted by Crippen LogP contribution is 2.43. The Morgan fingerprint density at radius 2 is 1.92 bits per heavy atom. The summed E-state index contributed by atoms with van der Waals surface area (Å²) in [5.74, 6) is 0.0816. The Morgan fingerprint density at radius 3 is 2.62 bits per heavy atom. The minimum Gasteiger partial charge on any atom is -0.481 e. The number of aromatic nitrogens is 1. The van der Waals surface area contributed by atoms with Crippen molar-refractivity contribution in [3.05, 3.63) is 42.1 Å². The fourth-order valence-corrected chi connectivity index (χ4v) is 5.70. The number of likely N-dealkylation sites (tertiary alicyclic amines) is 1. The van der Waals surface area contributed by atoms with Crippen molar-refractivity contribution in [2.45, 2.75) is 51.0 Å². The first-order valence-corrected chi connectivity index (χ1v) is 14.0. The van der Waals surface area contributed by atoms with Crippen molar-refractivity contribution in [3.63, 3.8) is 0 Å². The number of hydrogen-bond donors (Lipinski definition) is 1. The summed E-state index contributed by atoms with van der Waals surface area (Å²) in [6.45, 7) is 5.35. The van der Waals surface area contributed by atoms with Crippen molar-refractivity contribution in [1.29, 1.82) is 0 Å².